The largest absolute Gasteiger partial charge is 0.356 e. The number of unbranched alkanes of at least 4 members (excludes halogenated alkanes) is 1. The summed E-state index contributed by atoms with van der Waals surface area (Å²) < 4.78 is 0. The zero-order valence-corrected chi connectivity index (χ0v) is 15.6. The number of rotatable bonds is 7. The van der Waals surface area contributed by atoms with E-state index in [1.54, 1.807) is 0 Å². The molecule has 0 aliphatic carbocycles. The van der Waals surface area contributed by atoms with Crippen molar-refractivity contribution in [2.75, 3.05) is 45.7 Å². The summed E-state index contributed by atoms with van der Waals surface area (Å²) in [5.74, 6) is 2.19. The molecule has 1 unspecified atom stereocenters. The summed E-state index contributed by atoms with van der Waals surface area (Å²) in [6.45, 7) is 3.24. The van der Waals surface area contributed by atoms with Crippen molar-refractivity contribution in [2.24, 2.45) is 4.99 Å². The monoisotopic (exact) mass is 400 g/mol. The fourth-order valence-electron chi connectivity index (χ4n) is 2.25. The highest BCUT2D eigenvalue weighted by Gasteiger charge is 2.20. The Hall–Kier alpha value is 0.310. The molecule has 1 aliphatic rings. The Morgan fingerprint density at radius 1 is 1.37 bits per heavy atom. The van der Waals surface area contributed by atoms with Crippen molar-refractivity contribution < 1.29 is 0 Å². The molecule has 0 amide bonds. The van der Waals surface area contributed by atoms with Crippen LogP contribution in [0.25, 0.3) is 0 Å². The molecule has 2 N–H and O–H groups in total. The van der Waals surface area contributed by atoms with E-state index in [-0.39, 0.29) is 24.0 Å². The molecule has 1 atom stereocenters. The number of halogens is 1. The molecular formula is C13H29IN4S. The number of hydrogen-bond donors (Lipinski definition) is 2. The highest BCUT2D eigenvalue weighted by molar-refractivity contribution is 14.0. The van der Waals surface area contributed by atoms with Crippen molar-refractivity contribution in [1.29, 1.82) is 0 Å². The van der Waals surface area contributed by atoms with E-state index in [9.17, 15) is 0 Å². The van der Waals surface area contributed by atoms with Crippen LogP contribution in [-0.4, -0.2) is 62.6 Å². The van der Waals surface area contributed by atoms with Gasteiger partial charge in [0.05, 0.1) is 0 Å². The van der Waals surface area contributed by atoms with Crippen molar-refractivity contribution >= 4 is 41.7 Å². The minimum absolute atomic E-state index is 0. The number of nitrogens with one attached hydrogen (secondary N) is 2. The van der Waals surface area contributed by atoms with Gasteiger partial charge in [-0.3, -0.25) is 4.99 Å². The van der Waals surface area contributed by atoms with E-state index >= 15 is 0 Å². The van der Waals surface area contributed by atoms with Gasteiger partial charge in [-0.2, -0.15) is 11.8 Å². The first-order valence-electron chi connectivity index (χ1n) is 6.91. The summed E-state index contributed by atoms with van der Waals surface area (Å²) in [6.07, 6.45) is 7.27. The summed E-state index contributed by atoms with van der Waals surface area (Å²) in [5, 5.41) is 6.80. The minimum atomic E-state index is 0. The van der Waals surface area contributed by atoms with Crippen LogP contribution in [0.15, 0.2) is 4.99 Å². The van der Waals surface area contributed by atoms with E-state index in [1.165, 1.54) is 38.0 Å². The van der Waals surface area contributed by atoms with E-state index < -0.39 is 0 Å². The molecule has 0 radical (unpaired) electrons. The van der Waals surface area contributed by atoms with E-state index in [0.717, 1.165) is 19.0 Å². The van der Waals surface area contributed by atoms with Gasteiger partial charge in [0.2, 0.25) is 0 Å². The van der Waals surface area contributed by atoms with Crippen LogP contribution in [0.3, 0.4) is 0 Å². The van der Waals surface area contributed by atoms with Crippen molar-refractivity contribution in [3.63, 3.8) is 0 Å². The Kier molecular flexibility index (Phi) is 12.3. The second-order valence-electron chi connectivity index (χ2n) is 4.86. The third-order valence-electron chi connectivity index (χ3n) is 3.47. The number of thioether (sulfide) groups is 1. The number of nitrogens with zero attached hydrogens (tertiary/aromatic N) is 2. The van der Waals surface area contributed by atoms with Gasteiger partial charge in [-0.05, 0) is 51.3 Å². The first-order chi connectivity index (χ1) is 8.77. The lowest BCUT2D eigenvalue weighted by Gasteiger charge is -2.21. The first-order valence-corrected chi connectivity index (χ1v) is 8.31. The van der Waals surface area contributed by atoms with Crippen molar-refractivity contribution in [1.82, 2.24) is 15.5 Å². The molecule has 0 aromatic carbocycles. The highest BCUT2D eigenvalue weighted by atomic mass is 127. The molecule has 0 aromatic heterocycles. The van der Waals surface area contributed by atoms with Crippen molar-refractivity contribution in [2.45, 2.75) is 31.7 Å². The first kappa shape index (κ1) is 19.3. The van der Waals surface area contributed by atoms with E-state index in [0.29, 0.717) is 6.04 Å². The van der Waals surface area contributed by atoms with E-state index in [1.807, 2.05) is 18.8 Å². The normalized spacial score (nSPS) is 20.2. The molecule has 1 saturated heterocycles. The van der Waals surface area contributed by atoms with Gasteiger partial charge in [0.15, 0.2) is 5.96 Å². The molecule has 19 heavy (non-hydrogen) atoms. The molecule has 114 valence electrons. The molecule has 0 saturated carbocycles. The van der Waals surface area contributed by atoms with Crippen LogP contribution in [0.4, 0.5) is 0 Å². The molecule has 4 nitrogen and oxygen atoms in total. The smallest absolute Gasteiger partial charge is 0.191 e. The fourth-order valence-corrected chi connectivity index (χ4v) is 2.74. The maximum absolute atomic E-state index is 4.26. The van der Waals surface area contributed by atoms with Crippen LogP contribution in [-0.2, 0) is 0 Å². The van der Waals surface area contributed by atoms with Crippen molar-refractivity contribution in [3.8, 4) is 0 Å². The van der Waals surface area contributed by atoms with Gasteiger partial charge in [-0.15, -0.1) is 24.0 Å². The SMILES string of the molecule is CN=C(NCCCCSC)NCC1CCCN1C.I. The Morgan fingerprint density at radius 2 is 2.16 bits per heavy atom. The van der Waals surface area contributed by atoms with Crippen LogP contribution < -0.4 is 10.6 Å². The average Bonchev–Trinajstić information content (AvgIpc) is 2.78. The summed E-state index contributed by atoms with van der Waals surface area (Å²) in [4.78, 5) is 6.69. The van der Waals surface area contributed by atoms with E-state index in [4.69, 9.17) is 0 Å². The third-order valence-corrected chi connectivity index (χ3v) is 4.16. The molecule has 0 bridgehead atoms. The topological polar surface area (TPSA) is 39.7 Å². The summed E-state index contributed by atoms with van der Waals surface area (Å²) >= 11 is 1.91. The van der Waals surface area contributed by atoms with Gasteiger partial charge in [0.25, 0.3) is 0 Å². The summed E-state index contributed by atoms with van der Waals surface area (Å²) in [5.41, 5.74) is 0. The molecule has 0 spiro atoms. The lowest BCUT2D eigenvalue weighted by Crippen LogP contribution is -2.44. The second-order valence-corrected chi connectivity index (χ2v) is 5.84. The van der Waals surface area contributed by atoms with Crippen LogP contribution in [0.2, 0.25) is 0 Å². The molecule has 1 aliphatic heterocycles. The lowest BCUT2D eigenvalue weighted by molar-refractivity contribution is 0.309. The Bertz CT molecular complexity index is 251. The lowest BCUT2D eigenvalue weighted by atomic mass is 10.2. The number of likely N-dealkylation sites (tertiary alicyclic amines) is 1. The predicted octanol–water partition coefficient (Wildman–Crippen LogP) is 2.01. The predicted molar refractivity (Wildman–Crippen MR) is 98.0 cm³/mol. The van der Waals surface area contributed by atoms with Crippen LogP contribution in [0.1, 0.15) is 25.7 Å². The van der Waals surface area contributed by atoms with Crippen LogP contribution >= 0.6 is 35.7 Å². The standard InChI is InChI=1S/C13H28N4S.HI/c1-14-13(15-8-4-5-10-18-3)16-11-12-7-6-9-17(12)2;/h12H,4-11H2,1-3H3,(H2,14,15,16);1H. The van der Waals surface area contributed by atoms with Crippen molar-refractivity contribution in [3.05, 3.63) is 0 Å². The third kappa shape index (κ3) is 8.24. The Morgan fingerprint density at radius 3 is 2.74 bits per heavy atom. The Balaban J connectivity index is 0.00000324. The summed E-state index contributed by atoms with van der Waals surface area (Å²) in [7, 11) is 4.05. The van der Waals surface area contributed by atoms with Gasteiger partial charge >= 0.3 is 0 Å². The second kappa shape index (κ2) is 12.1. The molecular weight excluding hydrogens is 371 g/mol. The molecule has 6 heteroatoms. The van der Waals surface area contributed by atoms with Crippen LogP contribution in [0.5, 0.6) is 0 Å². The molecule has 1 fully saturated rings. The van der Waals surface area contributed by atoms with Gasteiger partial charge in [-0.1, -0.05) is 0 Å². The number of guanidine groups is 1. The highest BCUT2D eigenvalue weighted by Crippen LogP contribution is 2.13. The molecule has 1 rings (SSSR count). The van der Waals surface area contributed by atoms with Gasteiger partial charge in [0.1, 0.15) is 0 Å². The molecule has 1 heterocycles. The number of aliphatic imine (C=N–C) groups is 1. The quantitative estimate of drug-likeness (QED) is 0.297. The zero-order chi connectivity index (χ0) is 13.2. The number of hydrogen-bond acceptors (Lipinski definition) is 3. The fraction of sp³-hybridized carbons (Fsp3) is 0.923. The van der Waals surface area contributed by atoms with Crippen LogP contribution in [0, 0.1) is 0 Å². The molecule has 0 aromatic rings. The Labute approximate surface area is 139 Å². The van der Waals surface area contributed by atoms with Gasteiger partial charge < -0.3 is 15.5 Å². The van der Waals surface area contributed by atoms with E-state index in [2.05, 4.69) is 33.8 Å². The minimum Gasteiger partial charge on any atom is -0.356 e. The van der Waals surface area contributed by atoms with Gasteiger partial charge in [-0.25, -0.2) is 0 Å². The maximum atomic E-state index is 4.26. The zero-order valence-electron chi connectivity index (χ0n) is 12.4. The van der Waals surface area contributed by atoms with Gasteiger partial charge in [0, 0.05) is 26.2 Å². The summed E-state index contributed by atoms with van der Waals surface area (Å²) in [6, 6.07) is 0.667. The maximum Gasteiger partial charge on any atom is 0.191 e. The number of likely N-dealkylation sites (N-methyl/N-ethyl adjacent to an activating group) is 1. The average molecular weight is 400 g/mol.